The molecule has 2 nitrogen and oxygen atoms in total. The van der Waals surface area contributed by atoms with Crippen LogP contribution in [-0.2, 0) is 0 Å². The standard InChI is InChI=1S/C42H27NOS/c1-2-11-28(12-3-1)29-13-8-14-30(23-29)31-15-9-16-32(24-31)33-17-10-18-34(25-33)43-37-20-5-4-19-35(37)36-26-40-42(27-38(36)43)45-41-22-7-6-21-39(41)44-40/h1-27H. The summed E-state index contributed by atoms with van der Waals surface area (Å²) in [5, 5.41) is 2.41. The third kappa shape index (κ3) is 4.52. The van der Waals surface area contributed by atoms with Gasteiger partial charge in [0.2, 0.25) is 0 Å². The Morgan fingerprint density at radius 3 is 1.76 bits per heavy atom. The number of nitrogens with zero attached hydrogens (tertiary/aromatic N) is 1. The number of benzene rings is 7. The summed E-state index contributed by atoms with van der Waals surface area (Å²) >= 11 is 1.77. The van der Waals surface area contributed by atoms with Crippen LogP contribution in [0.5, 0.6) is 11.5 Å². The lowest BCUT2D eigenvalue weighted by atomic mass is 9.96. The maximum absolute atomic E-state index is 6.38. The van der Waals surface area contributed by atoms with Gasteiger partial charge in [0.25, 0.3) is 0 Å². The van der Waals surface area contributed by atoms with Crippen LogP contribution in [0, 0.1) is 0 Å². The van der Waals surface area contributed by atoms with Gasteiger partial charge in [-0.2, -0.15) is 0 Å². The number of hydrogen-bond donors (Lipinski definition) is 0. The van der Waals surface area contributed by atoms with E-state index in [-0.39, 0.29) is 0 Å². The number of para-hydroxylation sites is 2. The fraction of sp³-hybridized carbons (Fsp3) is 0. The predicted molar refractivity (Wildman–Crippen MR) is 188 cm³/mol. The fourth-order valence-electron chi connectivity index (χ4n) is 6.48. The van der Waals surface area contributed by atoms with Gasteiger partial charge in [0.15, 0.2) is 0 Å². The highest BCUT2D eigenvalue weighted by Crippen LogP contribution is 2.49. The largest absolute Gasteiger partial charge is 0.455 e. The van der Waals surface area contributed by atoms with Gasteiger partial charge in [-0.3, -0.25) is 0 Å². The Labute approximate surface area is 266 Å². The van der Waals surface area contributed by atoms with Crippen LogP contribution in [0.15, 0.2) is 174 Å². The monoisotopic (exact) mass is 593 g/mol. The lowest BCUT2D eigenvalue weighted by Gasteiger charge is -2.20. The van der Waals surface area contributed by atoms with Crippen LogP contribution in [0.4, 0.5) is 0 Å². The van der Waals surface area contributed by atoms with Crippen molar-refractivity contribution >= 4 is 33.6 Å². The molecule has 0 amide bonds. The van der Waals surface area contributed by atoms with Crippen molar-refractivity contribution in [2.45, 2.75) is 9.79 Å². The zero-order valence-electron chi connectivity index (χ0n) is 24.4. The molecule has 0 atom stereocenters. The Balaban J connectivity index is 1.15. The molecular formula is C42H27NOS. The van der Waals surface area contributed by atoms with Crippen molar-refractivity contribution < 1.29 is 4.74 Å². The van der Waals surface area contributed by atoms with E-state index in [2.05, 4.69) is 156 Å². The predicted octanol–water partition coefficient (Wildman–Crippen LogP) is 12.0. The van der Waals surface area contributed by atoms with Crippen LogP contribution in [-0.4, -0.2) is 4.57 Å². The SMILES string of the molecule is c1ccc(-c2cccc(-c3cccc(-c4cccc(-n5c6ccccc6c6cc7c(cc65)Sc5ccccc5O7)c4)c3)c2)cc1. The second kappa shape index (κ2) is 10.6. The van der Waals surface area contributed by atoms with Gasteiger partial charge in [-0.1, -0.05) is 121 Å². The number of aromatic nitrogens is 1. The number of hydrogen-bond acceptors (Lipinski definition) is 2. The summed E-state index contributed by atoms with van der Waals surface area (Å²) in [5.41, 5.74) is 10.7. The van der Waals surface area contributed by atoms with E-state index >= 15 is 0 Å². The van der Waals surface area contributed by atoms with Crippen molar-refractivity contribution in [3.63, 3.8) is 0 Å². The molecule has 1 aliphatic rings. The van der Waals surface area contributed by atoms with Crippen molar-refractivity contribution in [2.24, 2.45) is 0 Å². The summed E-state index contributed by atoms with van der Waals surface area (Å²) in [5.74, 6) is 1.83. The van der Waals surface area contributed by atoms with Crippen LogP contribution in [0.25, 0.3) is 60.9 Å². The van der Waals surface area contributed by atoms with Crippen LogP contribution < -0.4 is 4.74 Å². The molecule has 45 heavy (non-hydrogen) atoms. The lowest BCUT2D eigenvalue weighted by molar-refractivity contribution is 0.455. The van der Waals surface area contributed by atoms with Gasteiger partial charge >= 0.3 is 0 Å². The van der Waals surface area contributed by atoms with Gasteiger partial charge in [-0.05, 0) is 88.0 Å². The highest BCUT2D eigenvalue weighted by atomic mass is 32.2. The van der Waals surface area contributed by atoms with Gasteiger partial charge in [-0.15, -0.1) is 0 Å². The summed E-state index contributed by atoms with van der Waals surface area (Å²) in [4.78, 5) is 2.27. The molecule has 0 bridgehead atoms. The Morgan fingerprint density at radius 2 is 0.978 bits per heavy atom. The molecular weight excluding hydrogens is 567 g/mol. The molecule has 2 heterocycles. The Hall–Kier alpha value is -5.51. The molecule has 0 aliphatic carbocycles. The average molecular weight is 594 g/mol. The van der Waals surface area contributed by atoms with E-state index in [4.69, 9.17) is 4.74 Å². The molecule has 0 unspecified atom stereocenters. The zero-order valence-corrected chi connectivity index (χ0v) is 25.2. The molecule has 1 aliphatic heterocycles. The van der Waals surface area contributed by atoms with E-state index in [1.165, 1.54) is 55.2 Å². The van der Waals surface area contributed by atoms with Crippen molar-refractivity contribution in [1.82, 2.24) is 4.57 Å². The summed E-state index contributed by atoms with van der Waals surface area (Å²) in [6, 6.07) is 58.5. The summed E-state index contributed by atoms with van der Waals surface area (Å²) in [7, 11) is 0. The molecule has 0 N–H and O–H groups in total. The van der Waals surface area contributed by atoms with E-state index in [1.807, 2.05) is 12.1 Å². The maximum atomic E-state index is 6.38. The molecule has 0 fully saturated rings. The molecule has 0 spiro atoms. The first kappa shape index (κ1) is 25.9. The highest BCUT2D eigenvalue weighted by Gasteiger charge is 2.21. The van der Waals surface area contributed by atoms with E-state index in [0.717, 1.165) is 27.0 Å². The van der Waals surface area contributed by atoms with Gasteiger partial charge in [0.05, 0.1) is 20.8 Å². The van der Waals surface area contributed by atoms with Gasteiger partial charge in [-0.25, -0.2) is 0 Å². The second-order valence-corrected chi connectivity index (χ2v) is 12.5. The first-order chi connectivity index (χ1) is 22.3. The smallest absolute Gasteiger partial charge is 0.142 e. The summed E-state index contributed by atoms with van der Waals surface area (Å²) in [6.07, 6.45) is 0. The Morgan fingerprint density at radius 1 is 0.378 bits per heavy atom. The third-order valence-corrected chi connectivity index (χ3v) is 9.73. The molecule has 0 radical (unpaired) electrons. The van der Waals surface area contributed by atoms with Crippen LogP contribution >= 0.6 is 11.8 Å². The minimum absolute atomic E-state index is 0.913. The molecule has 8 aromatic rings. The van der Waals surface area contributed by atoms with Crippen LogP contribution in [0.1, 0.15) is 0 Å². The Kier molecular flexibility index (Phi) is 6.10. The van der Waals surface area contributed by atoms with Crippen LogP contribution in [0.2, 0.25) is 0 Å². The van der Waals surface area contributed by atoms with Crippen molar-refractivity contribution in [3.05, 3.63) is 164 Å². The van der Waals surface area contributed by atoms with Gasteiger partial charge in [0.1, 0.15) is 11.5 Å². The maximum Gasteiger partial charge on any atom is 0.142 e. The summed E-state index contributed by atoms with van der Waals surface area (Å²) in [6.45, 7) is 0. The number of rotatable bonds is 4. The minimum atomic E-state index is 0.913. The van der Waals surface area contributed by atoms with E-state index in [1.54, 1.807) is 11.8 Å². The Bertz CT molecular complexity index is 2390. The quantitative estimate of drug-likeness (QED) is 0.201. The second-order valence-electron chi connectivity index (χ2n) is 11.4. The normalized spacial score (nSPS) is 12.1. The first-order valence-electron chi connectivity index (χ1n) is 15.2. The molecule has 7 aromatic carbocycles. The topological polar surface area (TPSA) is 14.2 Å². The number of ether oxygens (including phenoxy) is 1. The molecule has 0 saturated heterocycles. The van der Waals surface area contributed by atoms with Gasteiger partial charge < -0.3 is 9.30 Å². The average Bonchev–Trinajstić information content (AvgIpc) is 3.43. The number of fused-ring (bicyclic) bond motifs is 5. The zero-order chi connectivity index (χ0) is 29.7. The van der Waals surface area contributed by atoms with E-state index in [0.29, 0.717) is 0 Å². The van der Waals surface area contributed by atoms with Gasteiger partial charge in [0, 0.05) is 16.5 Å². The molecule has 9 rings (SSSR count). The highest BCUT2D eigenvalue weighted by molar-refractivity contribution is 7.99. The fourth-order valence-corrected chi connectivity index (χ4v) is 7.45. The van der Waals surface area contributed by atoms with E-state index in [9.17, 15) is 0 Å². The molecule has 0 saturated carbocycles. The van der Waals surface area contributed by atoms with Crippen molar-refractivity contribution in [3.8, 4) is 50.6 Å². The minimum Gasteiger partial charge on any atom is -0.455 e. The molecule has 212 valence electrons. The van der Waals surface area contributed by atoms with E-state index < -0.39 is 0 Å². The van der Waals surface area contributed by atoms with Crippen molar-refractivity contribution in [2.75, 3.05) is 0 Å². The lowest BCUT2D eigenvalue weighted by Crippen LogP contribution is -1.97. The van der Waals surface area contributed by atoms with Crippen molar-refractivity contribution in [1.29, 1.82) is 0 Å². The summed E-state index contributed by atoms with van der Waals surface area (Å²) < 4.78 is 8.77. The first-order valence-corrected chi connectivity index (χ1v) is 16.0. The molecule has 1 aromatic heterocycles. The molecule has 3 heteroatoms. The van der Waals surface area contributed by atoms with Crippen LogP contribution in [0.3, 0.4) is 0 Å². The third-order valence-electron chi connectivity index (χ3n) is 8.63.